The molecule has 23 heavy (non-hydrogen) atoms. The normalized spacial score (nSPS) is 13.5. The molecule has 0 saturated carbocycles. The maximum Gasteiger partial charge on any atom is 0.243 e. The van der Waals surface area contributed by atoms with E-state index in [9.17, 15) is 9.18 Å². The van der Waals surface area contributed by atoms with Crippen LogP contribution in [0.1, 0.15) is 30.4 Å². The smallest absolute Gasteiger partial charge is 0.243 e. The lowest BCUT2D eigenvalue weighted by molar-refractivity contribution is -0.124. The van der Waals surface area contributed by atoms with E-state index in [0.717, 1.165) is 0 Å². The van der Waals surface area contributed by atoms with E-state index >= 15 is 0 Å². The zero-order valence-corrected chi connectivity index (χ0v) is 12.3. The number of carbonyl (C=O) groups is 1. The molecule has 3 aromatic rings. The van der Waals surface area contributed by atoms with Gasteiger partial charge < -0.3 is 9.88 Å². The highest BCUT2D eigenvalue weighted by Crippen LogP contribution is 2.20. The lowest BCUT2D eigenvalue weighted by Crippen LogP contribution is -2.35. The van der Waals surface area contributed by atoms with Gasteiger partial charge in [-0.1, -0.05) is 17.3 Å². The van der Waals surface area contributed by atoms with Crippen LogP contribution in [0.3, 0.4) is 0 Å². The highest BCUT2D eigenvalue weighted by atomic mass is 19.1. The minimum absolute atomic E-state index is 0.208. The predicted molar refractivity (Wildman–Crippen MR) is 79.7 cm³/mol. The van der Waals surface area contributed by atoms with Crippen molar-refractivity contribution >= 4 is 5.91 Å². The van der Waals surface area contributed by atoms with Crippen LogP contribution in [-0.4, -0.2) is 31.1 Å². The van der Waals surface area contributed by atoms with E-state index in [1.54, 1.807) is 23.6 Å². The van der Waals surface area contributed by atoms with Crippen LogP contribution < -0.4 is 5.32 Å². The molecule has 2 heterocycles. The first-order valence-corrected chi connectivity index (χ1v) is 7.07. The van der Waals surface area contributed by atoms with Crippen molar-refractivity contribution in [3.05, 3.63) is 66.0 Å². The number of nitrogens with zero attached hydrogens (tertiary/aromatic N) is 4. The molecule has 0 aliphatic rings. The van der Waals surface area contributed by atoms with Crippen LogP contribution in [0.4, 0.5) is 4.39 Å². The number of nitrogens with one attached hydrogen (secondary N) is 2. The molecular weight excluding hydrogens is 299 g/mol. The first-order valence-electron chi connectivity index (χ1n) is 7.07. The second-order valence-electron chi connectivity index (χ2n) is 5.07. The number of benzene rings is 1. The number of tetrazole rings is 1. The number of H-pyrrole nitrogens is 1. The largest absolute Gasteiger partial charge is 0.342 e. The van der Waals surface area contributed by atoms with E-state index in [1.165, 1.54) is 12.1 Å². The Morgan fingerprint density at radius 3 is 2.57 bits per heavy atom. The van der Waals surface area contributed by atoms with Gasteiger partial charge in [0.15, 0.2) is 0 Å². The zero-order valence-electron chi connectivity index (χ0n) is 12.3. The van der Waals surface area contributed by atoms with Crippen molar-refractivity contribution in [2.75, 3.05) is 0 Å². The number of hydrogen-bond acceptors (Lipinski definition) is 4. The number of amides is 1. The van der Waals surface area contributed by atoms with Gasteiger partial charge in [0.2, 0.25) is 11.7 Å². The van der Waals surface area contributed by atoms with Crippen LogP contribution in [-0.2, 0) is 4.79 Å². The third-order valence-electron chi connectivity index (χ3n) is 3.56. The van der Waals surface area contributed by atoms with E-state index in [1.807, 2.05) is 24.5 Å². The summed E-state index contributed by atoms with van der Waals surface area (Å²) in [6.45, 7) is 1.79. The summed E-state index contributed by atoms with van der Waals surface area (Å²) in [6, 6.07) is 8.49. The molecule has 8 heteroatoms. The molecule has 0 bridgehead atoms. The average Bonchev–Trinajstić information content (AvgIpc) is 3.26. The van der Waals surface area contributed by atoms with Gasteiger partial charge in [-0.2, -0.15) is 5.21 Å². The quantitative estimate of drug-likeness (QED) is 0.749. The zero-order chi connectivity index (χ0) is 16.2. The minimum Gasteiger partial charge on any atom is -0.342 e. The molecule has 0 fully saturated rings. The number of halogens is 1. The first kappa shape index (κ1) is 14.9. The molecule has 0 aliphatic heterocycles. The molecule has 1 amide bonds. The summed E-state index contributed by atoms with van der Waals surface area (Å²) in [6.07, 6.45) is 3.62. The van der Waals surface area contributed by atoms with Crippen LogP contribution in [0.5, 0.6) is 0 Å². The Hall–Kier alpha value is -3.03. The standard InChI is InChI=1S/C15H15FN6O/c1-10(22-8-2-3-9-22)15(23)17-13(14-18-20-21-19-14)11-4-6-12(16)7-5-11/h2-10,13H,1H3,(H,17,23)(H,18,19,20,21). The van der Waals surface area contributed by atoms with Gasteiger partial charge in [0.25, 0.3) is 0 Å². The minimum atomic E-state index is -0.611. The Labute approximate surface area is 131 Å². The molecule has 3 rings (SSSR count). The van der Waals surface area contributed by atoms with Gasteiger partial charge >= 0.3 is 0 Å². The molecule has 0 aliphatic carbocycles. The van der Waals surface area contributed by atoms with Crippen LogP contribution in [0.25, 0.3) is 0 Å². The van der Waals surface area contributed by atoms with Crippen LogP contribution in [0.2, 0.25) is 0 Å². The summed E-state index contributed by atoms with van der Waals surface area (Å²) in [7, 11) is 0. The van der Waals surface area contributed by atoms with Gasteiger partial charge in [0.05, 0.1) is 0 Å². The van der Waals surface area contributed by atoms with Crippen molar-refractivity contribution in [3.8, 4) is 0 Å². The van der Waals surface area contributed by atoms with Gasteiger partial charge in [0, 0.05) is 12.4 Å². The van der Waals surface area contributed by atoms with E-state index in [2.05, 4.69) is 25.9 Å². The lowest BCUT2D eigenvalue weighted by atomic mass is 10.1. The number of aromatic amines is 1. The third kappa shape index (κ3) is 3.25. The maximum absolute atomic E-state index is 13.1. The molecule has 2 aromatic heterocycles. The predicted octanol–water partition coefficient (Wildman–Crippen LogP) is 1.61. The Kier molecular flexibility index (Phi) is 4.13. The van der Waals surface area contributed by atoms with Gasteiger partial charge in [-0.05, 0) is 36.8 Å². The Morgan fingerprint density at radius 1 is 1.26 bits per heavy atom. The van der Waals surface area contributed by atoms with Crippen LogP contribution in [0.15, 0.2) is 48.8 Å². The number of carbonyl (C=O) groups excluding carboxylic acids is 1. The number of rotatable bonds is 5. The second kappa shape index (κ2) is 6.39. The average molecular weight is 314 g/mol. The Bertz CT molecular complexity index is 754. The molecule has 2 unspecified atom stereocenters. The molecule has 118 valence electrons. The van der Waals surface area contributed by atoms with E-state index in [0.29, 0.717) is 11.4 Å². The molecule has 0 radical (unpaired) electrons. The van der Waals surface area contributed by atoms with Crippen molar-refractivity contribution in [1.82, 2.24) is 30.5 Å². The molecular formula is C15H15FN6O. The Balaban J connectivity index is 1.84. The van der Waals surface area contributed by atoms with Gasteiger partial charge in [-0.25, -0.2) is 4.39 Å². The van der Waals surface area contributed by atoms with Crippen molar-refractivity contribution in [3.63, 3.8) is 0 Å². The summed E-state index contributed by atoms with van der Waals surface area (Å²) in [5, 5.41) is 16.6. The van der Waals surface area contributed by atoms with E-state index < -0.39 is 12.1 Å². The highest BCUT2D eigenvalue weighted by Gasteiger charge is 2.24. The van der Waals surface area contributed by atoms with E-state index in [-0.39, 0.29) is 11.7 Å². The van der Waals surface area contributed by atoms with Crippen molar-refractivity contribution in [2.45, 2.75) is 19.0 Å². The third-order valence-corrected chi connectivity index (χ3v) is 3.56. The maximum atomic E-state index is 13.1. The molecule has 0 spiro atoms. The van der Waals surface area contributed by atoms with Crippen molar-refractivity contribution < 1.29 is 9.18 Å². The van der Waals surface area contributed by atoms with Gasteiger partial charge in [0.1, 0.15) is 17.9 Å². The fourth-order valence-electron chi connectivity index (χ4n) is 2.25. The molecule has 2 N–H and O–H groups in total. The van der Waals surface area contributed by atoms with Gasteiger partial charge in [-0.3, -0.25) is 4.79 Å². The summed E-state index contributed by atoms with van der Waals surface area (Å²) < 4.78 is 14.9. The fourth-order valence-corrected chi connectivity index (χ4v) is 2.25. The van der Waals surface area contributed by atoms with Crippen LogP contribution >= 0.6 is 0 Å². The van der Waals surface area contributed by atoms with Crippen molar-refractivity contribution in [2.24, 2.45) is 0 Å². The fraction of sp³-hybridized carbons (Fsp3) is 0.200. The summed E-state index contributed by atoms with van der Waals surface area (Å²) in [4.78, 5) is 12.5. The summed E-state index contributed by atoms with van der Waals surface area (Å²) in [5.74, 6) is -0.252. The first-order chi connectivity index (χ1) is 11.1. The topological polar surface area (TPSA) is 88.5 Å². The summed E-state index contributed by atoms with van der Waals surface area (Å²) in [5.41, 5.74) is 0.667. The lowest BCUT2D eigenvalue weighted by Gasteiger charge is -2.20. The molecule has 2 atom stereocenters. The number of hydrogen-bond donors (Lipinski definition) is 2. The molecule has 7 nitrogen and oxygen atoms in total. The summed E-state index contributed by atoms with van der Waals surface area (Å²) >= 11 is 0. The second-order valence-corrected chi connectivity index (χ2v) is 5.07. The van der Waals surface area contributed by atoms with Gasteiger partial charge in [-0.15, -0.1) is 10.2 Å². The molecule has 0 saturated heterocycles. The van der Waals surface area contributed by atoms with Crippen LogP contribution in [0, 0.1) is 5.82 Å². The highest BCUT2D eigenvalue weighted by molar-refractivity contribution is 5.80. The van der Waals surface area contributed by atoms with E-state index in [4.69, 9.17) is 0 Å². The monoisotopic (exact) mass is 314 g/mol. The van der Waals surface area contributed by atoms with Crippen molar-refractivity contribution in [1.29, 1.82) is 0 Å². The SMILES string of the molecule is CC(C(=O)NC(c1ccc(F)cc1)c1nn[nH]n1)n1cccc1. The Morgan fingerprint density at radius 2 is 1.96 bits per heavy atom. The number of aromatic nitrogens is 5. The molecule has 1 aromatic carbocycles.